The molecule has 0 heterocycles. The van der Waals surface area contributed by atoms with E-state index in [1.165, 1.54) is 83.5 Å². The number of ether oxygens (including phenoxy) is 2. The predicted molar refractivity (Wildman–Crippen MR) is 141 cm³/mol. The molecule has 0 radical (unpaired) electrons. The third-order valence-corrected chi connectivity index (χ3v) is 5.86. The second-order valence-corrected chi connectivity index (χ2v) is 9.32. The average molecular weight is 470 g/mol. The molecule has 0 aromatic heterocycles. The van der Waals surface area contributed by atoms with E-state index in [0.717, 1.165) is 13.0 Å². The molecule has 0 aromatic carbocycles. The minimum absolute atomic E-state index is 0.282. The molecule has 33 heavy (non-hydrogen) atoms. The summed E-state index contributed by atoms with van der Waals surface area (Å²) in [7, 11) is 0. The smallest absolute Gasteiger partial charge is 0.0900 e. The minimum atomic E-state index is -0.571. The van der Waals surface area contributed by atoms with Crippen LogP contribution in [-0.2, 0) is 9.47 Å². The highest BCUT2D eigenvalue weighted by Crippen LogP contribution is 2.13. The Labute approximate surface area is 205 Å². The number of aliphatic hydroxyl groups excluding tert-OH is 2. The van der Waals surface area contributed by atoms with E-state index in [1.807, 2.05) is 0 Å². The van der Waals surface area contributed by atoms with Crippen LogP contribution in [0.2, 0.25) is 0 Å². The summed E-state index contributed by atoms with van der Waals surface area (Å²) in [5, 5.41) is 20.5. The normalized spacial score (nSPS) is 13.3. The third kappa shape index (κ3) is 24.2. The zero-order valence-corrected chi connectivity index (χ0v) is 21.7. The molecule has 5 heteroatoms. The van der Waals surface area contributed by atoms with Gasteiger partial charge in [0.1, 0.15) is 0 Å². The fraction of sp³-hybridized carbons (Fsp3) is 0.857. The Balaban J connectivity index is 3.90. The van der Waals surface area contributed by atoms with Gasteiger partial charge in [0, 0.05) is 13.1 Å². The van der Waals surface area contributed by atoms with Crippen LogP contribution in [0, 0.1) is 0 Å². The van der Waals surface area contributed by atoms with E-state index in [4.69, 9.17) is 9.47 Å². The fourth-order valence-electron chi connectivity index (χ4n) is 4.06. The maximum Gasteiger partial charge on any atom is 0.0900 e. The van der Waals surface area contributed by atoms with Crippen LogP contribution in [0.25, 0.3) is 0 Å². The van der Waals surface area contributed by atoms with Crippen molar-refractivity contribution < 1.29 is 19.7 Å². The quantitative estimate of drug-likeness (QED) is 0.116. The summed E-state index contributed by atoms with van der Waals surface area (Å²) in [6.45, 7) is 12.8. The topological polar surface area (TPSA) is 62.2 Å². The monoisotopic (exact) mass is 469 g/mol. The second-order valence-electron chi connectivity index (χ2n) is 9.32. The lowest BCUT2D eigenvalue weighted by atomic mass is 10.0. The molecule has 0 rings (SSSR count). The van der Waals surface area contributed by atoms with Crippen LogP contribution in [-0.4, -0.2) is 73.4 Å². The van der Waals surface area contributed by atoms with Crippen LogP contribution in [0.5, 0.6) is 0 Å². The van der Waals surface area contributed by atoms with Crippen molar-refractivity contribution in [2.24, 2.45) is 0 Å². The van der Waals surface area contributed by atoms with Crippen LogP contribution < -0.4 is 0 Å². The SMILES string of the molecule is C=CCOCC(O)CN(CCCCCCCCCCCCCCCC)CC(O)COCC=C. The highest BCUT2D eigenvalue weighted by Gasteiger charge is 2.16. The van der Waals surface area contributed by atoms with Gasteiger partial charge < -0.3 is 19.7 Å². The van der Waals surface area contributed by atoms with Crippen LogP contribution >= 0.6 is 0 Å². The first-order valence-corrected chi connectivity index (χ1v) is 13.6. The van der Waals surface area contributed by atoms with Crippen molar-refractivity contribution in [2.45, 2.75) is 109 Å². The molecule has 0 fully saturated rings. The van der Waals surface area contributed by atoms with Gasteiger partial charge in [0.25, 0.3) is 0 Å². The summed E-state index contributed by atoms with van der Waals surface area (Å²) < 4.78 is 10.7. The number of unbranched alkanes of at least 4 members (excludes halogenated alkanes) is 13. The molecule has 0 aromatic rings. The van der Waals surface area contributed by atoms with Gasteiger partial charge in [-0.25, -0.2) is 0 Å². The first-order chi connectivity index (χ1) is 16.1. The summed E-state index contributed by atoms with van der Waals surface area (Å²) in [4.78, 5) is 2.13. The standard InChI is InChI=1S/C28H55NO4/c1-4-7-8-9-10-11-12-13-14-15-16-17-18-19-20-29(23-27(30)25-32-21-5-2)24-28(31)26-33-22-6-3/h5-6,27-28,30-31H,2-4,7-26H2,1H3. The Morgan fingerprint density at radius 1 is 0.636 bits per heavy atom. The van der Waals surface area contributed by atoms with E-state index in [0.29, 0.717) is 26.3 Å². The van der Waals surface area contributed by atoms with Crippen LogP contribution in [0.15, 0.2) is 25.3 Å². The van der Waals surface area contributed by atoms with Crippen molar-refractivity contribution in [2.75, 3.05) is 46.1 Å². The molecule has 2 atom stereocenters. The zero-order valence-electron chi connectivity index (χ0n) is 21.7. The Kier molecular flexibility index (Phi) is 25.3. The Hall–Kier alpha value is -0.720. The Morgan fingerprint density at radius 3 is 1.36 bits per heavy atom. The van der Waals surface area contributed by atoms with E-state index < -0.39 is 12.2 Å². The van der Waals surface area contributed by atoms with Crippen molar-refractivity contribution in [3.8, 4) is 0 Å². The lowest BCUT2D eigenvalue weighted by molar-refractivity contribution is -0.00299. The van der Waals surface area contributed by atoms with Gasteiger partial charge in [-0.05, 0) is 13.0 Å². The van der Waals surface area contributed by atoms with E-state index >= 15 is 0 Å². The highest BCUT2D eigenvalue weighted by molar-refractivity contribution is 4.71. The number of hydrogen-bond acceptors (Lipinski definition) is 5. The van der Waals surface area contributed by atoms with Gasteiger partial charge in [-0.1, -0.05) is 103 Å². The first kappa shape index (κ1) is 32.3. The number of hydrogen-bond donors (Lipinski definition) is 2. The molecular formula is C28H55NO4. The van der Waals surface area contributed by atoms with Gasteiger partial charge in [-0.2, -0.15) is 0 Å². The van der Waals surface area contributed by atoms with Gasteiger partial charge in [0.2, 0.25) is 0 Å². The molecule has 0 amide bonds. The van der Waals surface area contributed by atoms with E-state index in [2.05, 4.69) is 25.0 Å². The van der Waals surface area contributed by atoms with Crippen molar-refractivity contribution >= 4 is 0 Å². The van der Waals surface area contributed by atoms with Gasteiger partial charge in [-0.15, -0.1) is 13.2 Å². The van der Waals surface area contributed by atoms with Gasteiger partial charge >= 0.3 is 0 Å². The molecule has 2 unspecified atom stereocenters. The van der Waals surface area contributed by atoms with E-state index in [-0.39, 0.29) is 13.2 Å². The van der Waals surface area contributed by atoms with Gasteiger partial charge in [0.15, 0.2) is 0 Å². The van der Waals surface area contributed by atoms with Gasteiger partial charge in [0.05, 0.1) is 38.6 Å². The number of nitrogens with zero attached hydrogens (tertiary/aromatic N) is 1. The molecule has 0 saturated heterocycles. The van der Waals surface area contributed by atoms with E-state index in [1.54, 1.807) is 12.2 Å². The molecular weight excluding hydrogens is 414 g/mol. The maximum absolute atomic E-state index is 10.3. The van der Waals surface area contributed by atoms with Crippen LogP contribution in [0.3, 0.4) is 0 Å². The third-order valence-electron chi connectivity index (χ3n) is 5.86. The van der Waals surface area contributed by atoms with Crippen molar-refractivity contribution in [3.05, 3.63) is 25.3 Å². The molecule has 0 aliphatic rings. The minimum Gasteiger partial charge on any atom is -0.389 e. The molecule has 0 aliphatic heterocycles. The molecule has 196 valence electrons. The molecule has 0 spiro atoms. The highest BCUT2D eigenvalue weighted by atomic mass is 16.5. The van der Waals surface area contributed by atoms with E-state index in [9.17, 15) is 10.2 Å². The summed E-state index contributed by atoms with van der Waals surface area (Å²) in [6.07, 6.45) is 21.0. The Bertz CT molecular complexity index is 397. The fourth-order valence-corrected chi connectivity index (χ4v) is 4.06. The second kappa shape index (κ2) is 25.9. The average Bonchev–Trinajstić information content (AvgIpc) is 2.79. The van der Waals surface area contributed by atoms with Gasteiger partial charge in [-0.3, -0.25) is 4.90 Å². The Morgan fingerprint density at radius 2 is 1.00 bits per heavy atom. The summed E-state index contributed by atoms with van der Waals surface area (Å²) >= 11 is 0. The van der Waals surface area contributed by atoms with Crippen molar-refractivity contribution in [1.29, 1.82) is 0 Å². The van der Waals surface area contributed by atoms with Crippen LogP contribution in [0.4, 0.5) is 0 Å². The number of aliphatic hydroxyl groups is 2. The predicted octanol–water partition coefficient (Wildman–Crippen LogP) is 5.90. The summed E-state index contributed by atoms with van der Waals surface area (Å²) in [5.74, 6) is 0. The largest absolute Gasteiger partial charge is 0.389 e. The molecule has 2 N–H and O–H groups in total. The van der Waals surface area contributed by atoms with Crippen molar-refractivity contribution in [3.63, 3.8) is 0 Å². The lowest BCUT2D eigenvalue weighted by Gasteiger charge is -2.27. The molecule has 5 nitrogen and oxygen atoms in total. The first-order valence-electron chi connectivity index (χ1n) is 13.6. The number of rotatable bonds is 27. The molecule has 0 aliphatic carbocycles. The molecule has 0 bridgehead atoms. The summed E-state index contributed by atoms with van der Waals surface area (Å²) in [6, 6.07) is 0. The summed E-state index contributed by atoms with van der Waals surface area (Å²) in [5.41, 5.74) is 0. The zero-order chi connectivity index (χ0) is 24.4. The van der Waals surface area contributed by atoms with Crippen LogP contribution in [0.1, 0.15) is 96.8 Å². The maximum atomic E-state index is 10.3. The molecule has 0 saturated carbocycles. The lowest BCUT2D eigenvalue weighted by Crippen LogP contribution is -2.41. The van der Waals surface area contributed by atoms with Crippen molar-refractivity contribution in [1.82, 2.24) is 4.90 Å².